The van der Waals surface area contributed by atoms with E-state index >= 15 is 0 Å². The second-order valence-corrected chi connectivity index (χ2v) is 6.80. The van der Waals surface area contributed by atoms with Crippen LogP contribution in [0.1, 0.15) is 54.4 Å². The largest absolute Gasteiger partial charge is 0.339 e. The number of carbonyl (C=O) groups is 1. The van der Waals surface area contributed by atoms with E-state index in [0.29, 0.717) is 12.0 Å². The predicted octanol–water partition coefficient (Wildman–Crippen LogP) is 2.40. The summed E-state index contributed by atoms with van der Waals surface area (Å²) in [6.45, 7) is 13.1. The molecule has 1 unspecified atom stereocenters. The second kappa shape index (κ2) is 4.60. The first-order valence-corrected chi connectivity index (χ1v) is 6.69. The van der Waals surface area contributed by atoms with Gasteiger partial charge in [0.2, 0.25) is 5.91 Å². The van der Waals surface area contributed by atoms with Crippen LogP contribution in [-0.4, -0.2) is 28.9 Å². The Morgan fingerprint density at radius 2 is 1.82 bits per heavy atom. The zero-order valence-electron chi connectivity index (χ0n) is 12.2. The van der Waals surface area contributed by atoms with Crippen molar-refractivity contribution in [1.29, 1.82) is 0 Å². The summed E-state index contributed by atoms with van der Waals surface area (Å²) >= 11 is 0. The SMILES string of the molecule is CC(C)C1CCCN1C(=O)C(C)(C)C(C)(C)N. The van der Waals surface area contributed by atoms with Crippen LogP contribution in [0.25, 0.3) is 0 Å². The Labute approximate surface area is 106 Å². The summed E-state index contributed by atoms with van der Waals surface area (Å²) in [5.41, 5.74) is 5.15. The maximum absolute atomic E-state index is 12.7. The van der Waals surface area contributed by atoms with E-state index in [0.717, 1.165) is 19.4 Å². The van der Waals surface area contributed by atoms with E-state index in [1.54, 1.807) is 0 Å². The quantitative estimate of drug-likeness (QED) is 0.823. The molecule has 0 saturated carbocycles. The molecule has 3 nitrogen and oxygen atoms in total. The molecule has 1 amide bonds. The van der Waals surface area contributed by atoms with Gasteiger partial charge in [-0.15, -0.1) is 0 Å². The van der Waals surface area contributed by atoms with Crippen molar-refractivity contribution in [2.45, 2.75) is 66.0 Å². The van der Waals surface area contributed by atoms with Gasteiger partial charge >= 0.3 is 0 Å². The lowest BCUT2D eigenvalue weighted by atomic mass is 9.74. The fourth-order valence-electron chi connectivity index (χ4n) is 2.37. The van der Waals surface area contributed by atoms with Gasteiger partial charge in [-0.05, 0) is 46.5 Å². The number of nitrogens with zero attached hydrogens (tertiary/aromatic N) is 1. The van der Waals surface area contributed by atoms with Gasteiger partial charge in [0.05, 0.1) is 5.41 Å². The Morgan fingerprint density at radius 1 is 1.29 bits per heavy atom. The monoisotopic (exact) mass is 240 g/mol. The minimum absolute atomic E-state index is 0.209. The van der Waals surface area contributed by atoms with Crippen LogP contribution in [0, 0.1) is 11.3 Å². The molecule has 3 heteroatoms. The van der Waals surface area contributed by atoms with Crippen LogP contribution in [-0.2, 0) is 4.79 Å². The highest BCUT2D eigenvalue weighted by Crippen LogP contribution is 2.34. The summed E-state index contributed by atoms with van der Waals surface area (Å²) in [5, 5.41) is 0. The van der Waals surface area contributed by atoms with Gasteiger partial charge in [0.15, 0.2) is 0 Å². The van der Waals surface area contributed by atoms with Gasteiger partial charge in [0, 0.05) is 18.1 Å². The van der Waals surface area contributed by atoms with Crippen LogP contribution >= 0.6 is 0 Å². The van der Waals surface area contributed by atoms with Crippen LogP contribution < -0.4 is 5.73 Å². The molecule has 100 valence electrons. The number of hydrogen-bond acceptors (Lipinski definition) is 2. The summed E-state index contributed by atoms with van der Waals surface area (Å²) in [6.07, 6.45) is 2.25. The first kappa shape index (κ1) is 14.5. The molecule has 0 aromatic carbocycles. The molecule has 0 aromatic heterocycles. The molecule has 0 radical (unpaired) electrons. The average molecular weight is 240 g/mol. The molecule has 2 N–H and O–H groups in total. The molecular formula is C14H28N2O. The minimum atomic E-state index is -0.509. The highest BCUT2D eigenvalue weighted by atomic mass is 16.2. The molecule has 1 atom stereocenters. The van der Waals surface area contributed by atoms with Crippen molar-refractivity contribution in [2.75, 3.05) is 6.54 Å². The van der Waals surface area contributed by atoms with E-state index in [-0.39, 0.29) is 5.91 Å². The van der Waals surface area contributed by atoms with Crippen molar-refractivity contribution in [3.05, 3.63) is 0 Å². The van der Waals surface area contributed by atoms with Gasteiger partial charge in [0.25, 0.3) is 0 Å². The number of rotatable bonds is 3. The van der Waals surface area contributed by atoms with E-state index in [2.05, 4.69) is 18.7 Å². The fourth-order valence-corrected chi connectivity index (χ4v) is 2.37. The highest BCUT2D eigenvalue weighted by Gasteiger charge is 2.45. The van der Waals surface area contributed by atoms with Crippen LogP contribution in [0.5, 0.6) is 0 Å². The molecular weight excluding hydrogens is 212 g/mol. The second-order valence-electron chi connectivity index (χ2n) is 6.80. The number of amides is 1. The van der Waals surface area contributed by atoms with Gasteiger partial charge in [-0.25, -0.2) is 0 Å². The molecule has 0 spiro atoms. The topological polar surface area (TPSA) is 46.3 Å². The Balaban J connectivity index is 2.90. The molecule has 1 saturated heterocycles. The Bertz CT molecular complexity index is 289. The number of carbonyl (C=O) groups excluding carboxylic acids is 1. The third kappa shape index (κ3) is 2.65. The Morgan fingerprint density at radius 3 is 2.24 bits per heavy atom. The summed E-state index contributed by atoms with van der Waals surface area (Å²) < 4.78 is 0. The van der Waals surface area contributed by atoms with Crippen molar-refractivity contribution in [2.24, 2.45) is 17.1 Å². The molecule has 0 bridgehead atoms. The van der Waals surface area contributed by atoms with Crippen molar-refractivity contribution < 1.29 is 4.79 Å². The molecule has 1 fully saturated rings. The standard InChI is InChI=1S/C14H28N2O/c1-10(2)11-8-7-9-16(11)12(17)13(3,4)14(5,6)15/h10-11H,7-9,15H2,1-6H3. The van der Waals surface area contributed by atoms with Gasteiger partial charge < -0.3 is 10.6 Å². The third-order valence-corrected chi connectivity index (χ3v) is 4.48. The predicted molar refractivity (Wildman–Crippen MR) is 71.6 cm³/mol. The number of likely N-dealkylation sites (tertiary alicyclic amines) is 1. The van der Waals surface area contributed by atoms with Crippen LogP contribution in [0.3, 0.4) is 0 Å². The van der Waals surface area contributed by atoms with E-state index in [1.807, 2.05) is 27.7 Å². The van der Waals surface area contributed by atoms with Crippen molar-refractivity contribution >= 4 is 5.91 Å². The zero-order chi connectivity index (χ0) is 13.4. The first-order valence-electron chi connectivity index (χ1n) is 6.69. The summed E-state index contributed by atoms with van der Waals surface area (Å²) in [7, 11) is 0. The van der Waals surface area contributed by atoms with Gasteiger partial charge in [-0.1, -0.05) is 13.8 Å². The molecule has 0 aliphatic carbocycles. The van der Waals surface area contributed by atoms with Gasteiger partial charge in [-0.3, -0.25) is 4.79 Å². The number of hydrogen-bond donors (Lipinski definition) is 1. The average Bonchev–Trinajstić information content (AvgIpc) is 2.62. The van der Waals surface area contributed by atoms with Crippen molar-refractivity contribution in [1.82, 2.24) is 4.90 Å². The zero-order valence-corrected chi connectivity index (χ0v) is 12.2. The molecule has 17 heavy (non-hydrogen) atoms. The Hall–Kier alpha value is -0.570. The van der Waals surface area contributed by atoms with E-state index in [4.69, 9.17) is 5.73 Å². The smallest absolute Gasteiger partial charge is 0.230 e. The summed E-state index contributed by atoms with van der Waals surface area (Å²) in [4.78, 5) is 14.7. The van der Waals surface area contributed by atoms with E-state index in [9.17, 15) is 4.79 Å². The normalized spacial score (nSPS) is 22.4. The van der Waals surface area contributed by atoms with Crippen LogP contribution in [0.2, 0.25) is 0 Å². The maximum atomic E-state index is 12.7. The summed E-state index contributed by atoms with van der Waals surface area (Å²) in [5.74, 6) is 0.735. The fraction of sp³-hybridized carbons (Fsp3) is 0.929. The van der Waals surface area contributed by atoms with Crippen LogP contribution in [0.15, 0.2) is 0 Å². The Kier molecular flexibility index (Phi) is 3.92. The van der Waals surface area contributed by atoms with Crippen molar-refractivity contribution in [3.8, 4) is 0 Å². The third-order valence-electron chi connectivity index (χ3n) is 4.48. The maximum Gasteiger partial charge on any atom is 0.230 e. The van der Waals surface area contributed by atoms with Crippen molar-refractivity contribution in [3.63, 3.8) is 0 Å². The van der Waals surface area contributed by atoms with Crippen LogP contribution in [0.4, 0.5) is 0 Å². The highest BCUT2D eigenvalue weighted by molar-refractivity contribution is 5.84. The molecule has 1 rings (SSSR count). The lowest BCUT2D eigenvalue weighted by Crippen LogP contribution is -2.57. The molecule has 1 aliphatic heterocycles. The lowest BCUT2D eigenvalue weighted by Gasteiger charge is -2.42. The van der Waals surface area contributed by atoms with E-state index in [1.165, 1.54) is 0 Å². The van der Waals surface area contributed by atoms with Gasteiger partial charge in [-0.2, -0.15) is 0 Å². The number of nitrogens with two attached hydrogens (primary N) is 1. The van der Waals surface area contributed by atoms with E-state index < -0.39 is 11.0 Å². The first-order chi connectivity index (χ1) is 7.59. The minimum Gasteiger partial charge on any atom is -0.339 e. The molecule has 0 aromatic rings. The lowest BCUT2D eigenvalue weighted by molar-refractivity contribution is -0.145. The molecule has 1 heterocycles. The molecule has 1 aliphatic rings. The summed E-state index contributed by atoms with van der Waals surface area (Å²) in [6, 6.07) is 0.393. The van der Waals surface area contributed by atoms with Gasteiger partial charge in [0.1, 0.15) is 0 Å².